The molecule has 1 fully saturated rings. The molecule has 1 heterocycles. The van der Waals surface area contributed by atoms with Gasteiger partial charge in [0.05, 0.1) is 19.8 Å². The summed E-state index contributed by atoms with van der Waals surface area (Å²) in [7, 11) is 1.35. The van der Waals surface area contributed by atoms with Crippen LogP contribution in [0, 0.1) is 17.5 Å². The number of benzene rings is 2. The number of ether oxygens (including phenoxy) is 2. The predicted molar refractivity (Wildman–Crippen MR) is 94.9 cm³/mol. The van der Waals surface area contributed by atoms with E-state index in [9.17, 15) is 13.2 Å². The van der Waals surface area contributed by atoms with Crippen LogP contribution in [0.5, 0.6) is 5.75 Å². The smallest absolute Gasteiger partial charge is 0.166 e. The molecular weight excluding hydrogens is 341 g/mol. The zero-order valence-electron chi connectivity index (χ0n) is 15.0. The molecule has 2 aromatic carbocycles. The molecule has 2 nitrogen and oxygen atoms in total. The van der Waals surface area contributed by atoms with Gasteiger partial charge in [-0.05, 0) is 42.5 Å². The maximum Gasteiger partial charge on any atom is 0.166 e. The van der Waals surface area contributed by atoms with Crippen molar-refractivity contribution in [2.24, 2.45) is 0 Å². The number of hydrogen-bond donors (Lipinski definition) is 0. The Morgan fingerprint density at radius 1 is 1.08 bits per heavy atom. The Balaban J connectivity index is 1.84. The van der Waals surface area contributed by atoms with Gasteiger partial charge < -0.3 is 9.47 Å². The van der Waals surface area contributed by atoms with Crippen molar-refractivity contribution >= 4 is 0 Å². The van der Waals surface area contributed by atoms with Crippen molar-refractivity contribution in [1.82, 2.24) is 0 Å². The SMILES string of the molecule is CCCC1CCC(c2ccc(-c3ccc(OC)c(F)c3)c(F)c2F)CO1. The van der Waals surface area contributed by atoms with Crippen molar-refractivity contribution in [3.05, 3.63) is 53.3 Å². The molecule has 1 saturated heterocycles. The van der Waals surface area contributed by atoms with Gasteiger partial charge in [-0.1, -0.05) is 31.5 Å². The average molecular weight is 364 g/mol. The van der Waals surface area contributed by atoms with Crippen molar-refractivity contribution in [2.45, 2.75) is 44.6 Å². The molecule has 0 N–H and O–H groups in total. The molecule has 1 aliphatic rings. The van der Waals surface area contributed by atoms with Crippen LogP contribution in [-0.2, 0) is 4.74 Å². The van der Waals surface area contributed by atoms with Crippen LogP contribution in [0.2, 0.25) is 0 Å². The third kappa shape index (κ3) is 3.73. The molecule has 2 atom stereocenters. The fourth-order valence-corrected chi connectivity index (χ4v) is 3.54. The van der Waals surface area contributed by atoms with Gasteiger partial charge in [-0.15, -0.1) is 0 Å². The van der Waals surface area contributed by atoms with Gasteiger partial charge in [0.15, 0.2) is 23.2 Å². The number of halogens is 3. The van der Waals surface area contributed by atoms with Gasteiger partial charge in [0.25, 0.3) is 0 Å². The van der Waals surface area contributed by atoms with Crippen molar-refractivity contribution in [3.8, 4) is 16.9 Å². The maximum atomic E-state index is 14.7. The molecule has 0 bridgehead atoms. The average Bonchev–Trinajstić information content (AvgIpc) is 2.65. The van der Waals surface area contributed by atoms with Crippen LogP contribution in [-0.4, -0.2) is 19.8 Å². The zero-order valence-corrected chi connectivity index (χ0v) is 15.0. The first-order chi connectivity index (χ1) is 12.5. The maximum absolute atomic E-state index is 14.7. The van der Waals surface area contributed by atoms with Gasteiger partial charge in [-0.3, -0.25) is 0 Å². The highest BCUT2D eigenvalue weighted by molar-refractivity contribution is 5.66. The third-order valence-corrected chi connectivity index (χ3v) is 5.00. The molecule has 0 aliphatic carbocycles. The van der Waals surface area contributed by atoms with Gasteiger partial charge in [0, 0.05) is 11.5 Å². The fraction of sp³-hybridized carbons (Fsp3) is 0.429. The van der Waals surface area contributed by atoms with E-state index < -0.39 is 17.5 Å². The summed E-state index contributed by atoms with van der Waals surface area (Å²) in [5.41, 5.74) is 0.637. The van der Waals surface area contributed by atoms with Crippen LogP contribution in [0.3, 0.4) is 0 Å². The van der Waals surface area contributed by atoms with E-state index in [0.717, 1.165) is 31.7 Å². The summed E-state index contributed by atoms with van der Waals surface area (Å²) in [5, 5.41) is 0. The van der Waals surface area contributed by atoms with Gasteiger partial charge in [-0.25, -0.2) is 13.2 Å². The Labute approximate surface area is 151 Å². The van der Waals surface area contributed by atoms with E-state index in [-0.39, 0.29) is 28.9 Å². The summed E-state index contributed by atoms with van der Waals surface area (Å²) in [5.74, 6) is -2.54. The normalized spacial score (nSPS) is 20.2. The lowest BCUT2D eigenvalue weighted by atomic mass is 9.88. The van der Waals surface area contributed by atoms with Crippen LogP contribution in [0.1, 0.15) is 44.1 Å². The lowest BCUT2D eigenvalue weighted by molar-refractivity contribution is -0.00181. The van der Waals surface area contributed by atoms with Crippen LogP contribution in [0.4, 0.5) is 13.2 Å². The van der Waals surface area contributed by atoms with E-state index in [1.165, 1.54) is 25.3 Å². The van der Waals surface area contributed by atoms with E-state index >= 15 is 0 Å². The minimum absolute atomic E-state index is 0.0355. The number of hydrogen-bond acceptors (Lipinski definition) is 2. The minimum Gasteiger partial charge on any atom is -0.494 e. The Morgan fingerprint density at radius 2 is 1.88 bits per heavy atom. The van der Waals surface area contributed by atoms with Crippen LogP contribution in [0.25, 0.3) is 11.1 Å². The molecule has 5 heteroatoms. The van der Waals surface area contributed by atoms with Gasteiger partial charge in [-0.2, -0.15) is 0 Å². The second-order valence-corrected chi connectivity index (χ2v) is 6.70. The molecule has 3 rings (SSSR count). The second kappa shape index (κ2) is 8.12. The summed E-state index contributed by atoms with van der Waals surface area (Å²) in [6, 6.07) is 7.16. The van der Waals surface area contributed by atoms with Crippen molar-refractivity contribution in [2.75, 3.05) is 13.7 Å². The number of methoxy groups -OCH3 is 1. The van der Waals surface area contributed by atoms with Crippen molar-refractivity contribution in [1.29, 1.82) is 0 Å². The van der Waals surface area contributed by atoms with E-state index in [4.69, 9.17) is 9.47 Å². The predicted octanol–water partition coefficient (Wildman–Crippen LogP) is 5.84. The molecule has 0 saturated carbocycles. The van der Waals surface area contributed by atoms with E-state index in [2.05, 4.69) is 6.92 Å². The molecule has 0 radical (unpaired) electrons. The van der Waals surface area contributed by atoms with Crippen LogP contribution in [0.15, 0.2) is 30.3 Å². The lowest BCUT2D eigenvalue weighted by Crippen LogP contribution is -2.25. The summed E-state index contributed by atoms with van der Waals surface area (Å²) < 4.78 is 53.8. The third-order valence-electron chi connectivity index (χ3n) is 5.00. The van der Waals surface area contributed by atoms with Crippen molar-refractivity contribution < 1.29 is 22.6 Å². The molecule has 2 unspecified atom stereocenters. The van der Waals surface area contributed by atoms with Crippen LogP contribution < -0.4 is 4.74 Å². The summed E-state index contributed by atoms with van der Waals surface area (Å²) >= 11 is 0. The molecule has 2 aromatic rings. The Bertz CT molecular complexity index is 768. The monoisotopic (exact) mass is 364 g/mol. The largest absolute Gasteiger partial charge is 0.494 e. The van der Waals surface area contributed by atoms with Crippen molar-refractivity contribution in [3.63, 3.8) is 0 Å². The zero-order chi connectivity index (χ0) is 18.7. The molecule has 0 aromatic heterocycles. The Hall–Kier alpha value is -2.01. The first kappa shape index (κ1) is 18.8. The Morgan fingerprint density at radius 3 is 2.50 bits per heavy atom. The first-order valence-corrected chi connectivity index (χ1v) is 8.98. The van der Waals surface area contributed by atoms with Gasteiger partial charge >= 0.3 is 0 Å². The fourth-order valence-electron chi connectivity index (χ4n) is 3.54. The quantitative estimate of drug-likeness (QED) is 0.663. The highest BCUT2D eigenvalue weighted by Crippen LogP contribution is 2.35. The van der Waals surface area contributed by atoms with Gasteiger partial charge in [0.2, 0.25) is 0 Å². The summed E-state index contributed by atoms with van der Waals surface area (Å²) in [6.07, 6.45) is 3.88. The topological polar surface area (TPSA) is 18.5 Å². The van der Waals surface area contributed by atoms with E-state index in [0.29, 0.717) is 12.2 Å². The highest BCUT2D eigenvalue weighted by Gasteiger charge is 2.26. The molecule has 1 aliphatic heterocycles. The van der Waals surface area contributed by atoms with Crippen LogP contribution >= 0.6 is 0 Å². The second-order valence-electron chi connectivity index (χ2n) is 6.70. The minimum atomic E-state index is -0.956. The lowest BCUT2D eigenvalue weighted by Gasteiger charge is -2.29. The summed E-state index contributed by atoms with van der Waals surface area (Å²) in [4.78, 5) is 0. The molecule has 0 spiro atoms. The highest BCUT2D eigenvalue weighted by atomic mass is 19.2. The van der Waals surface area contributed by atoms with Gasteiger partial charge in [0.1, 0.15) is 0 Å². The van der Waals surface area contributed by atoms with E-state index in [1.54, 1.807) is 6.07 Å². The number of rotatable bonds is 5. The Kier molecular flexibility index (Phi) is 5.87. The molecular formula is C21H23F3O2. The van der Waals surface area contributed by atoms with E-state index in [1.807, 2.05) is 0 Å². The standard InChI is InChI=1S/C21H23F3O2/c1-3-4-15-7-5-14(12-26-15)17-9-8-16(20(23)21(17)24)13-6-10-19(25-2)18(22)11-13/h6,8-11,14-15H,3-5,7,12H2,1-2H3. The summed E-state index contributed by atoms with van der Waals surface area (Å²) in [6.45, 7) is 2.50. The first-order valence-electron chi connectivity index (χ1n) is 8.98. The molecule has 26 heavy (non-hydrogen) atoms. The molecule has 0 amide bonds. The molecule has 140 valence electrons.